The number of methoxy groups -OCH3 is 1. The molecule has 1 aromatic heterocycles. The molecule has 2 rings (SSSR count). The van der Waals surface area contributed by atoms with Crippen LogP contribution in [0.25, 0.3) is 0 Å². The van der Waals surface area contributed by atoms with Crippen LogP contribution in [0, 0.1) is 0 Å². The van der Waals surface area contributed by atoms with Gasteiger partial charge in [-0.2, -0.15) is 0 Å². The molecular weight excluding hydrogens is 208 g/mol. The molecule has 1 aromatic rings. The topological polar surface area (TPSA) is 56.5 Å². The summed E-state index contributed by atoms with van der Waals surface area (Å²) in [5, 5.41) is 7.35. The van der Waals surface area contributed by atoms with E-state index < -0.39 is 0 Å². The maximum Gasteiger partial charge on any atom is 0.162 e. The maximum atomic E-state index is 5.33. The van der Waals surface area contributed by atoms with Crippen molar-refractivity contribution in [2.24, 2.45) is 0 Å². The molecule has 0 saturated heterocycles. The highest BCUT2D eigenvalue weighted by atomic mass is 16.5. The van der Waals surface area contributed by atoms with Crippen LogP contribution >= 0.6 is 0 Å². The molecule has 0 unspecified atom stereocenters. The highest BCUT2D eigenvalue weighted by Gasteiger charge is 2.20. The Balaban J connectivity index is 1.64. The van der Waals surface area contributed by atoms with Gasteiger partial charge in [-0.1, -0.05) is 5.16 Å². The Bertz CT molecular complexity index is 310. The second-order valence-corrected chi connectivity index (χ2v) is 3.99. The Morgan fingerprint density at radius 3 is 3.12 bits per heavy atom. The van der Waals surface area contributed by atoms with Crippen molar-refractivity contribution in [3.8, 4) is 0 Å². The SMILES string of the molecule is COCCOCc1cc(CNC2CC2)no1. The summed E-state index contributed by atoms with van der Waals surface area (Å²) >= 11 is 0. The van der Waals surface area contributed by atoms with E-state index in [0.717, 1.165) is 18.0 Å². The minimum atomic E-state index is 0.458. The van der Waals surface area contributed by atoms with Gasteiger partial charge < -0.3 is 19.3 Å². The third kappa shape index (κ3) is 3.92. The second-order valence-electron chi connectivity index (χ2n) is 3.99. The van der Waals surface area contributed by atoms with Gasteiger partial charge in [-0.05, 0) is 12.8 Å². The normalized spacial score (nSPS) is 15.6. The summed E-state index contributed by atoms with van der Waals surface area (Å²) in [5.41, 5.74) is 0.942. The van der Waals surface area contributed by atoms with E-state index in [4.69, 9.17) is 14.0 Å². The molecule has 90 valence electrons. The van der Waals surface area contributed by atoms with Crippen molar-refractivity contribution in [3.63, 3.8) is 0 Å². The Labute approximate surface area is 95.1 Å². The van der Waals surface area contributed by atoms with Crippen LogP contribution in [-0.2, 0) is 22.6 Å². The Hall–Kier alpha value is -0.910. The van der Waals surface area contributed by atoms with Crippen molar-refractivity contribution >= 4 is 0 Å². The number of ether oxygens (including phenoxy) is 2. The van der Waals surface area contributed by atoms with Gasteiger partial charge in [0.15, 0.2) is 5.76 Å². The first-order chi connectivity index (χ1) is 7.88. The van der Waals surface area contributed by atoms with E-state index in [9.17, 15) is 0 Å². The lowest BCUT2D eigenvalue weighted by Crippen LogP contribution is -2.15. The average Bonchev–Trinajstić information content (AvgIpc) is 3.02. The quantitative estimate of drug-likeness (QED) is 0.672. The van der Waals surface area contributed by atoms with Crippen LogP contribution < -0.4 is 5.32 Å². The fraction of sp³-hybridized carbons (Fsp3) is 0.727. The van der Waals surface area contributed by atoms with Crippen LogP contribution in [0.15, 0.2) is 10.6 Å². The standard InChI is InChI=1S/C11H18N2O3/c1-14-4-5-15-8-11-6-10(13-16-11)7-12-9-2-3-9/h6,9,12H,2-5,7-8H2,1H3. The van der Waals surface area contributed by atoms with Gasteiger partial charge in [0.1, 0.15) is 6.61 Å². The molecule has 16 heavy (non-hydrogen) atoms. The van der Waals surface area contributed by atoms with Crippen LogP contribution in [0.2, 0.25) is 0 Å². The summed E-state index contributed by atoms with van der Waals surface area (Å²) in [6, 6.07) is 2.63. The van der Waals surface area contributed by atoms with Crippen molar-refractivity contribution in [1.82, 2.24) is 10.5 Å². The highest BCUT2D eigenvalue weighted by Crippen LogP contribution is 2.19. The fourth-order valence-corrected chi connectivity index (χ4v) is 1.36. The summed E-state index contributed by atoms with van der Waals surface area (Å²) in [6.45, 7) is 2.42. The van der Waals surface area contributed by atoms with E-state index in [2.05, 4.69) is 10.5 Å². The van der Waals surface area contributed by atoms with Gasteiger partial charge in [0.25, 0.3) is 0 Å². The Morgan fingerprint density at radius 2 is 2.38 bits per heavy atom. The van der Waals surface area contributed by atoms with Crippen molar-refractivity contribution in [2.45, 2.75) is 32.0 Å². The zero-order valence-corrected chi connectivity index (χ0v) is 9.57. The third-order valence-corrected chi connectivity index (χ3v) is 2.43. The second kappa shape index (κ2) is 5.98. The van der Waals surface area contributed by atoms with E-state index in [1.165, 1.54) is 12.8 Å². The zero-order valence-electron chi connectivity index (χ0n) is 9.57. The maximum absolute atomic E-state index is 5.33. The molecular formula is C11H18N2O3. The highest BCUT2D eigenvalue weighted by molar-refractivity contribution is 5.04. The van der Waals surface area contributed by atoms with Crippen LogP contribution in [0.4, 0.5) is 0 Å². The molecule has 1 saturated carbocycles. The van der Waals surface area contributed by atoms with E-state index in [0.29, 0.717) is 25.9 Å². The van der Waals surface area contributed by atoms with E-state index in [-0.39, 0.29) is 0 Å². The molecule has 5 nitrogen and oxygen atoms in total. The number of nitrogens with zero attached hydrogens (tertiary/aromatic N) is 1. The zero-order chi connectivity index (χ0) is 11.2. The van der Waals surface area contributed by atoms with Crippen molar-refractivity contribution in [3.05, 3.63) is 17.5 Å². The smallest absolute Gasteiger partial charge is 0.162 e. The van der Waals surface area contributed by atoms with Gasteiger partial charge in [0.05, 0.1) is 18.9 Å². The molecule has 5 heteroatoms. The van der Waals surface area contributed by atoms with E-state index in [1.807, 2.05) is 6.07 Å². The van der Waals surface area contributed by atoms with Crippen molar-refractivity contribution in [2.75, 3.05) is 20.3 Å². The predicted molar refractivity (Wildman–Crippen MR) is 57.9 cm³/mol. The number of nitrogens with one attached hydrogen (secondary N) is 1. The van der Waals surface area contributed by atoms with Crippen LogP contribution in [0.5, 0.6) is 0 Å². The number of rotatable bonds is 8. The summed E-state index contributed by atoms with van der Waals surface area (Å²) in [6.07, 6.45) is 2.57. The molecule has 1 aliphatic rings. The van der Waals surface area contributed by atoms with Gasteiger partial charge >= 0.3 is 0 Å². The molecule has 1 heterocycles. The lowest BCUT2D eigenvalue weighted by molar-refractivity contribution is 0.0514. The summed E-state index contributed by atoms with van der Waals surface area (Å²) in [5.74, 6) is 0.767. The first-order valence-electron chi connectivity index (χ1n) is 5.63. The lowest BCUT2D eigenvalue weighted by atomic mass is 10.3. The molecule has 0 atom stereocenters. The molecule has 0 aliphatic heterocycles. The molecule has 1 N–H and O–H groups in total. The third-order valence-electron chi connectivity index (χ3n) is 2.43. The number of hydrogen-bond donors (Lipinski definition) is 1. The molecule has 0 radical (unpaired) electrons. The van der Waals surface area contributed by atoms with Gasteiger partial charge in [-0.25, -0.2) is 0 Å². The largest absolute Gasteiger partial charge is 0.382 e. The van der Waals surface area contributed by atoms with Gasteiger partial charge in [0.2, 0.25) is 0 Å². The summed E-state index contributed by atoms with van der Waals surface area (Å²) < 4.78 is 15.3. The van der Waals surface area contributed by atoms with Gasteiger partial charge in [0, 0.05) is 25.8 Å². The lowest BCUT2D eigenvalue weighted by Gasteiger charge is -1.99. The summed E-state index contributed by atoms with van der Waals surface area (Å²) in [4.78, 5) is 0. The molecule has 1 fully saturated rings. The molecule has 0 amide bonds. The van der Waals surface area contributed by atoms with Gasteiger partial charge in [-0.3, -0.25) is 0 Å². The Morgan fingerprint density at radius 1 is 1.50 bits per heavy atom. The monoisotopic (exact) mass is 226 g/mol. The first kappa shape index (κ1) is 11.6. The molecule has 1 aliphatic carbocycles. The van der Waals surface area contributed by atoms with Gasteiger partial charge in [-0.15, -0.1) is 0 Å². The number of hydrogen-bond acceptors (Lipinski definition) is 5. The van der Waals surface area contributed by atoms with Crippen LogP contribution in [0.1, 0.15) is 24.3 Å². The van der Waals surface area contributed by atoms with Crippen LogP contribution in [-0.4, -0.2) is 31.5 Å². The first-order valence-corrected chi connectivity index (χ1v) is 5.63. The molecule has 0 spiro atoms. The fourth-order valence-electron chi connectivity index (χ4n) is 1.36. The Kier molecular flexibility index (Phi) is 4.33. The summed E-state index contributed by atoms with van der Waals surface area (Å²) in [7, 11) is 1.65. The number of aromatic nitrogens is 1. The van der Waals surface area contributed by atoms with E-state index in [1.54, 1.807) is 7.11 Å². The minimum Gasteiger partial charge on any atom is -0.382 e. The molecule has 0 bridgehead atoms. The minimum absolute atomic E-state index is 0.458. The van der Waals surface area contributed by atoms with Crippen molar-refractivity contribution < 1.29 is 14.0 Å². The van der Waals surface area contributed by atoms with Crippen LogP contribution in [0.3, 0.4) is 0 Å². The average molecular weight is 226 g/mol. The predicted octanol–water partition coefficient (Wildman–Crippen LogP) is 1.09. The van der Waals surface area contributed by atoms with E-state index >= 15 is 0 Å². The van der Waals surface area contributed by atoms with Crippen molar-refractivity contribution in [1.29, 1.82) is 0 Å². The molecule has 0 aromatic carbocycles.